The first-order valence-corrected chi connectivity index (χ1v) is 4.64. The van der Waals surface area contributed by atoms with Crippen molar-refractivity contribution in [3.8, 4) is 5.75 Å². The third kappa shape index (κ3) is 2.72. The molecule has 0 heterocycles. The van der Waals surface area contributed by atoms with E-state index in [-0.39, 0.29) is 5.92 Å². The van der Waals surface area contributed by atoms with Crippen LogP contribution in [-0.2, 0) is 4.74 Å². The Hall–Kier alpha value is -1.06. The van der Waals surface area contributed by atoms with Crippen molar-refractivity contribution in [3.63, 3.8) is 0 Å². The molecule has 3 nitrogen and oxygen atoms in total. The molecule has 0 radical (unpaired) electrons. The Balaban J connectivity index is 2.80. The van der Waals surface area contributed by atoms with Gasteiger partial charge in [0.15, 0.2) is 0 Å². The molecule has 1 aromatic carbocycles. The Morgan fingerprint density at radius 3 is 2.71 bits per heavy atom. The maximum atomic E-state index is 5.66. The molecule has 1 unspecified atom stereocenters. The first kappa shape index (κ1) is 11.0. The topological polar surface area (TPSA) is 44.5 Å². The van der Waals surface area contributed by atoms with E-state index in [2.05, 4.69) is 0 Å². The Kier molecular flexibility index (Phi) is 4.43. The van der Waals surface area contributed by atoms with Crippen LogP contribution in [0.1, 0.15) is 11.5 Å². The third-order valence-corrected chi connectivity index (χ3v) is 2.22. The van der Waals surface area contributed by atoms with E-state index in [1.54, 1.807) is 14.2 Å². The second-order valence-electron chi connectivity index (χ2n) is 3.16. The lowest BCUT2D eigenvalue weighted by atomic mass is 10.00. The smallest absolute Gasteiger partial charge is 0.119 e. The molecule has 0 saturated heterocycles. The minimum Gasteiger partial charge on any atom is -0.497 e. The van der Waals surface area contributed by atoms with Gasteiger partial charge in [-0.05, 0) is 17.7 Å². The average Bonchev–Trinajstić information content (AvgIpc) is 2.26. The van der Waals surface area contributed by atoms with Crippen LogP contribution in [0.4, 0.5) is 0 Å². The summed E-state index contributed by atoms with van der Waals surface area (Å²) in [4.78, 5) is 0. The Bertz CT molecular complexity index is 276. The SMILES string of the molecule is COCC(CN)c1cccc(OC)c1. The summed E-state index contributed by atoms with van der Waals surface area (Å²) >= 11 is 0. The van der Waals surface area contributed by atoms with Crippen LogP contribution in [0.2, 0.25) is 0 Å². The van der Waals surface area contributed by atoms with Crippen molar-refractivity contribution in [2.45, 2.75) is 5.92 Å². The van der Waals surface area contributed by atoms with Crippen LogP contribution < -0.4 is 10.5 Å². The van der Waals surface area contributed by atoms with Gasteiger partial charge in [-0.2, -0.15) is 0 Å². The molecule has 3 heteroatoms. The molecule has 0 spiro atoms. The van der Waals surface area contributed by atoms with Gasteiger partial charge in [-0.25, -0.2) is 0 Å². The molecule has 1 aromatic rings. The zero-order valence-corrected chi connectivity index (χ0v) is 8.69. The van der Waals surface area contributed by atoms with E-state index in [1.807, 2.05) is 24.3 Å². The highest BCUT2D eigenvalue weighted by molar-refractivity contribution is 5.31. The van der Waals surface area contributed by atoms with E-state index in [9.17, 15) is 0 Å². The first-order chi connectivity index (χ1) is 6.81. The molecular weight excluding hydrogens is 178 g/mol. The fourth-order valence-corrected chi connectivity index (χ4v) is 1.40. The number of benzene rings is 1. The van der Waals surface area contributed by atoms with Crippen LogP contribution in [0.3, 0.4) is 0 Å². The van der Waals surface area contributed by atoms with Crippen LogP contribution in [0.5, 0.6) is 5.75 Å². The van der Waals surface area contributed by atoms with Crippen molar-refractivity contribution >= 4 is 0 Å². The van der Waals surface area contributed by atoms with Crippen LogP contribution >= 0.6 is 0 Å². The van der Waals surface area contributed by atoms with Crippen molar-refractivity contribution in [1.82, 2.24) is 0 Å². The standard InChI is InChI=1S/C11H17NO2/c1-13-8-10(7-12)9-4-3-5-11(6-9)14-2/h3-6,10H,7-8,12H2,1-2H3. The summed E-state index contributed by atoms with van der Waals surface area (Å²) in [5.41, 5.74) is 6.82. The van der Waals surface area contributed by atoms with Crippen molar-refractivity contribution in [2.75, 3.05) is 27.4 Å². The number of hydrogen-bond acceptors (Lipinski definition) is 3. The molecule has 0 amide bonds. The molecule has 1 atom stereocenters. The van der Waals surface area contributed by atoms with Gasteiger partial charge in [0.2, 0.25) is 0 Å². The summed E-state index contributed by atoms with van der Waals surface area (Å²) in [5.74, 6) is 1.10. The number of ether oxygens (including phenoxy) is 2. The summed E-state index contributed by atoms with van der Waals surface area (Å²) in [6, 6.07) is 7.92. The van der Waals surface area contributed by atoms with Gasteiger partial charge in [-0.3, -0.25) is 0 Å². The average molecular weight is 195 g/mol. The lowest BCUT2D eigenvalue weighted by Crippen LogP contribution is -2.17. The molecule has 14 heavy (non-hydrogen) atoms. The molecule has 1 rings (SSSR count). The zero-order valence-electron chi connectivity index (χ0n) is 8.69. The summed E-state index contributed by atoms with van der Waals surface area (Å²) in [6.45, 7) is 1.23. The number of nitrogens with two attached hydrogens (primary N) is 1. The number of hydrogen-bond donors (Lipinski definition) is 1. The molecule has 0 aliphatic rings. The predicted molar refractivity (Wildman–Crippen MR) is 56.7 cm³/mol. The second kappa shape index (κ2) is 5.62. The van der Waals surface area contributed by atoms with Gasteiger partial charge < -0.3 is 15.2 Å². The number of methoxy groups -OCH3 is 2. The minimum atomic E-state index is 0.245. The van der Waals surface area contributed by atoms with E-state index in [4.69, 9.17) is 15.2 Å². The fraction of sp³-hybridized carbons (Fsp3) is 0.455. The minimum absolute atomic E-state index is 0.245. The quantitative estimate of drug-likeness (QED) is 0.772. The summed E-state index contributed by atoms with van der Waals surface area (Å²) in [5, 5.41) is 0. The maximum Gasteiger partial charge on any atom is 0.119 e. The second-order valence-corrected chi connectivity index (χ2v) is 3.16. The normalized spacial score (nSPS) is 12.5. The molecule has 0 bridgehead atoms. The van der Waals surface area contributed by atoms with Crippen LogP contribution in [-0.4, -0.2) is 27.4 Å². The molecular formula is C11H17NO2. The predicted octanol–water partition coefficient (Wildman–Crippen LogP) is 1.38. The molecule has 0 aliphatic heterocycles. The Labute approximate surface area is 84.8 Å². The maximum absolute atomic E-state index is 5.66. The summed E-state index contributed by atoms with van der Waals surface area (Å²) in [6.07, 6.45) is 0. The van der Waals surface area contributed by atoms with Gasteiger partial charge in [0.25, 0.3) is 0 Å². The highest BCUT2D eigenvalue weighted by Crippen LogP contribution is 2.20. The lowest BCUT2D eigenvalue weighted by Gasteiger charge is -2.14. The molecule has 78 valence electrons. The molecule has 2 N–H and O–H groups in total. The third-order valence-electron chi connectivity index (χ3n) is 2.22. The molecule has 0 aromatic heterocycles. The molecule has 0 fully saturated rings. The van der Waals surface area contributed by atoms with E-state index in [0.29, 0.717) is 13.2 Å². The largest absolute Gasteiger partial charge is 0.497 e. The van der Waals surface area contributed by atoms with Gasteiger partial charge in [0.1, 0.15) is 5.75 Å². The van der Waals surface area contributed by atoms with Gasteiger partial charge >= 0.3 is 0 Å². The van der Waals surface area contributed by atoms with Gasteiger partial charge in [0, 0.05) is 19.6 Å². The molecule has 0 saturated carbocycles. The highest BCUT2D eigenvalue weighted by Gasteiger charge is 2.09. The highest BCUT2D eigenvalue weighted by atomic mass is 16.5. The summed E-state index contributed by atoms with van der Waals surface area (Å²) in [7, 11) is 3.34. The zero-order chi connectivity index (χ0) is 10.4. The lowest BCUT2D eigenvalue weighted by molar-refractivity contribution is 0.181. The fourth-order valence-electron chi connectivity index (χ4n) is 1.40. The van der Waals surface area contributed by atoms with Crippen molar-refractivity contribution in [3.05, 3.63) is 29.8 Å². The Morgan fingerprint density at radius 2 is 2.14 bits per heavy atom. The number of rotatable bonds is 5. The first-order valence-electron chi connectivity index (χ1n) is 4.64. The summed E-state index contributed by atoms with van der Waals surface area (Å²) < 4.78 is 10.2. The van der Waals surface area contributed by atoms with Gasteiger partial charge in [-0.1, -0.05) is 12.1 Å². The Morgan fingerprint density at radius 1 is 1.36 bits per heavy atom. The van der Waals surface area contributed by atoms with Crippen molar-refractivity contribution < 1.29 is 9.47 Å². The van der Waals surface area contributed by atoms with E-state index in [1.165, 1.54) is 0 Å². The van der Waals surface area contributed by atoms with Crippen molar-refractivity contribution in [1.29, 1.82) is 0 Å². The molecule has 0 aliphatic carbocycles. The van der Waals surface area contributed by atoms with Crippen LogP contribution in [0.25, 0.3) is 0 Å². The van der Waals surface area contributed by atoms with Crippen LogP contribution in [0, 0.1) is 0 Å². The van der Waals surface area contributed by atoms with E-state index < -0.39 is 0 Å². The van der Waals surface area contributed by atoms with E-state index in [0.717, 1.165) is 11.3 Å². The van der Waals surface area contributed by atoms with Gasteiger partial charge in [-0.15, -0.1) is 0 Å². The van der Waals surface area contributed by atoms with Crippen molar-refractivity contribution in [2.24, 2.45) is 5.73 Å². The van der Waals surface area contributed by atoms with Crippen LogP contribution in [0.15, 0.2) is 24.3 Å². The van der Waals surface area contributed by atoms with Gasteiger partial charge in [0.05, 0.1) is 13.7 Å². The monoisotopic (exact) mass is 195 g/mol. The van der Waals surface area contributed by atoms with E-state index >= 15 is 0 Å².